The van der Waals surface area contributed by atoms with Gasteiger partial charge in [0.05, 0.1) is 6.61 Å². The van der Waals surface area contributed by atoms with Crippen LogP contribution in [-0.4, -0.2) is 6.61 Å². The van der Waals surface area contributed by atoms with Crippen molar-refractivity contribution in [2.45, 2.75) is 6.10 Å². The summed E-state index contributed by atoms with van der Waals surface area (Å²) < 4.78 is 5.09. The van der Waals surface area contributed by atoms with E-state index in [0.29, 0.717) is 6.10 Å². The van der Waals surface area contributed by atoms with Crippen molar-refractivity contribution in [2.24, 2.45) is 0 Å². The zero-order valence-electron chi connectivity index (χ0n) is 12.3. The van der Waals surface area contributed by atoms with Gasteiger partial charge in [-0.25, -0.2) is 0 Å². The highest BCUT2D eigenvalue weighted by molar-refractivity contribution is 5.45. The molecule has 1 unspecified atom stereocenters. The highest BCUT2D eigenvalue weighted by Crippen LogP contribution is 2.28. The number of epoxide rings is 1. The first kappa shape index (κ1) is 16.7. The highest BCUT2D eigenvalue weighted by Gasteiger charge is 2.23. The molecule has 21 heavy (non-hydrogen) atoms. The average molecular weight is 278 g/mol. The third-order valence-electron chi connectivity index (χ3n) is 2.71. The summed E-state index contributed by atoms with van der Waals surface area (Å²) in [5.41, 5.74) is 2.48. The van der Waals surface area contributed by atoms with Crippen LogP contribution < -0.4 is 0 Å². The predicted molar refractivity (Wildman–Crippen MR) is 92.1 cm³/mol. The molecule has 0 aromatic heterocycles. The van der Waals surface area contributed by atoms with E-state index in [2.05, 4.69) is 31.9 Å². The van der Waals surface area contributed by atoms with Gasteiger partial charge in [0.15, 0.2) is 0 Å². The Bertz CT molecular complexity index is 518. The Balaban J connectivity index is 0.000000171. The first-order valence-corrected chi connectivity index (χ1v) is 6.89. The van der Waals surface area contributed by atoms with Crippen molar-refractivity contribution in [1.82, 2.24) is 0 Å². The fraction of sp³-hybridized carbons (Fsp3) is 0.100. The van der Waals surface area contributed by atoms with Gasteiger partial charge in [0.2, 0.25) is 0 Å². The van der Waals surface area contributed by atoms with Crippen molar-refractivity contribution in [3.05, 3.63) is 104 Å². The number of allylic oxidation sites excluding steroid dienone is 2. The molecular weight excluding hydrogens is 256 g/mol. The molecule has 1 aliphatic heterocycles. The lowest BCUT2D eigenvalue weighted by Gasteiger charge is -1.89. The lowest BCUT2D eigenvalue weighted by atomic mass is 10.2. The molecule has 2 aromatic rings. The van der Waals surface area contributed by atoms with E-state index in [0.717, 1.165) is 6.61 Å². The van der Waals surface area contributed by atoms with Crippen LogP contribution in [0.5, 0.6) is 0 Å². The zero-order chi connectivity index (χ0) is 15.3. The Morgan fingerprint density at radius 3 is 1.62 bits per heavy atom. The SMILES string of the molecule is C=CC=C.C=Cc1ccccc1.c1ccc(C2CO2)cc1. The maximum absolute atomic E-state index is 5.09. The summed E-state index contributed by atoms with van der Waals surface area (Å²) in [5.74, 6) is 0. The Labute approximate surface area is 127 Å². The number of ether oxygens (including phenoxy) is 1. The van der Waals surface area contributed by atoms with Crippen molar-refractivity contribution in [3.63, 3.8) is 0 Å². The number of benzene rings is 2. The lowest BCUT2D eigenvalue weighted by molar-refractivity contribution is 0.415. The van der Waals surface area contributed by atoms with Gasteiger partial charge in [0.25, 0.3) is 0 Å². The van der Waals surface area contributed by atoms with Crippen molar-refractivity contribution in [3.8, 4) is 0 Å². The monoisotopic (exact) mass is 278 g/mol. The topological polar surface area (TPSA) is 12.5 Å². The minimum Gasteiger partial charge on any atom is -0.368 e. The average Bonchev–Trinajstić information content (AvgIpc) is 3.42. The Morgan fingerprint density at radius 2 is 1.29 bits per heavy atom. The molecular formula is C20H22O. The quantitative estimate of drug-likeness (QED) is 0.537. The van der Waals surface area contributed by atoms with E-state index in [4.69, 9.17) is 4.74 Å². The summed E-state index contributed by atoms with van der Waals surface area (Å²) in [5, 5.41) is 0. The van der Waals surface area contributed by atoms with E-state index in [9.17, 15) is 0 Å². The molecule has 1 atom stereocenters. The fourth-order valence-corrected chi connectivity index (χ4v) is 1.50. The Hall–Kier alpha value is -2.38. The van der Waals surface area contributed by atoms with Crippen molar-refractivity contribution < 1.29 is 4.74 Å². The van der Waals surface area contributed by atoms with Crippen molar-refractivity contribution in [1.29, 1.82) is 0 Å². The lowest BCUT2D eigenvalue weighted by Crippen LogP contribution is -1.75. The summed E-state index contributed by atoms with van der Waals surface area (Å²) in [6, 6.07) is 20.3. The molecule has 0 bridgehead atoms. The van der Waals surface area contributed by atoms with Gasteiger partial charge in [-0.15, -0.1) is 0 Å². The van der Waals surface area contributed by atoms with Crippen LogP contribution in [0.15, 0.2) is 92.6 Å². The molecule has 1 nitrogen and oxygen atoms in total. The molecule has 2 aromatic carbocycles. The maximum atomic E-state index is 5.09. The second kappa shape index (κ2) is 10.4. The molecule has 0 spiro atoms. The Kier molecular flexibility index (Phi) is 8.27. The maximum Gasteiger partial charge on any atom is 0.106 e. The third kappa shape index (κ3) is 7.71. The second-order valence-electron chi connectivity index (χ2n) is 4.32. The molecule has 0 aliphatic carbocycles. The zero-order valence-corrected chi connectivity index (χ0v) is 12.3. The van der Waals surface area contributed by atoms with Crippen LogP contribution >= 0.6 is 0 Å². The number of rotatable bonds is 3. The molecule has 0 amide bonds. The minimum atomic E-state index is 0.409. The molecule has 1 saturated heterocycles. The van der Waals surface area contributed by atoms with Crippen LogP contribution in [0, 0.1) is 0 Å². The predicted octanol–water partition coefficient (Wildman–Crippen LogP) is 5.45. The molecule has 0 radical (unpaired) electrons. The van der Waals surface area contributed by atoms with E-state index >= 15 is 0 Å². The van der Waals surface area contributed by atoms with E-state index in [1.54, 1.807) is 12.2 Å². The standard InChI is InChI=1S/C8H8O.C8H8.C4H6/c1-2-4-7(5-3-1)8-6-9-8;1-2-8-6-4-3-5-7-8;1-3-4-2/h1-5,8H,6H2;2-7H,1H2;3-4H,1-2H2. The number of hydrogen-bond donors (Lipinski definition) is 0. The van der Waals surface area contributed by atoms with Crippen LogP contribution in [0.4, 0.5) is 0 Å². The third-order valence-corrected chi connectivity index (χ3v) is 2.71. The van der Waals surface area contributed by atoms with Crippen LogP contribution in [0.2, 0.25) is 0 Å². The molecule has 1 fully saturated rings. The van der Waals surface area contributed by atoms with Gasteiger partial charge in [0, 0.05) is 0 Å². The van der Waals surface area contributed by atoms with Crippen LogP contribution in [-0.2, 0) is 4.74 Å². The van der Waals surface area contributed by atoms with Crippen molar-refractivity contribution >= 4 is 6.08 Å². The van der Waals surface area contributed by atoms with Gasteiger partial charge < -0.3 is 4.74 Å². The molecule has 1 heteroatoms. The molecule has 1 aliphatic rings. The summed E-state index contributed by atoms with van der Waals surface area (Å²) >= 11 is 0. The second-order valence-corrected chi connectivity index (χ2v) is 4.32. The van der Waals surface area contributed by atoms with Gasteiger partial charge in [0.1, 0.15) is 6.10 Å². The fourth-order valence-electron chi connectivity index (χ4n) is 1.50. The Morgan fingerprint density at radius 1 is 0.810 bits per heavy atom. The van der Waals surface area contributed by atoms with Gasteiger partial charge in [-0.3, -0.25) is 0 Å². The molecule has 3 rings (SSSR count). The summed E-state index contributed by atoms with van der Waals surface area (Å²) in [7, 11) is 0. The molecule has 108 valence electrons. The van der Waals surface area contributed by atoms with Crippen LogP contribution in [0.1, 0.15) is 17.2 Å². The van der Waals surface area contributed by atoms with Crippen LogP contribution in [0.25, 0.3) is 6.08 Å². The molecule has 0 N–H and O–H groups in total. The normalized spacial score (nSPS) is 14.4. The summed E-state index contributed by atoms with van der Waals surface area (Å²) in [6.07, 6.45) is 5.52. The van der Waals surface area contributed by atoms with E-state index in [1.807, 2.05) is 54.6 Å². The minimum absolute atomic E-state index is 0.409. The van der Waals surface area contributed by atoms with Gasteiger partial charge in [-0.05, 0) is 11.1 Å². The van der Waals surface area contributed by atoms with E-state index in [-0.39, 0.29) is 0 Å². The number of hydrogen-bond acceptors (Lipinski definition) is 1. The smallest absolute Gasteiger partial charge is 0.106 e. The van der Waals surface area contributed by atoms with Crippen molar-refractivity contribution in [2.75, 3.05) is 6.61 Å². The van der Waals surface area contributed by atoms with Crippen LogP contribution in [0.3, 0.4) is 0 Å². The largest absolute Gasteiger partial charge is 0.368 e. The van der Waals surface area contributed by atoms with Gasteiger partial charge in [-0.2, -0.15) is 0 Å². The highest BCUT2D eigenvalue weighted by atomic mass is 16.6. The van der Waals surface area contributed by atoms with Gasteiger partial charge >= 0.3 is 0 Å². The van der Waals surface area contributed by atoms with Gasteiger partial charge in [-0.1, -0.05) is 98.6 Å². The molecule has 0 saturated carbocycles. The first-order chi connectivity index (χ1) is 10.3. The van der Waals surface area contributed by atoms with E-state index < -0.39 is 0 Å². The van der Waals surface area contributed by atoms with E-state index in [1.165, 1.54) is 11.1 Å². The summed E-state index contributed by atoms with van der Waals surface area (Å²) in [4.78, 5) is 0. The molecule has 1 heterocycles. The first-order valence-electron chi connectivity index (χ1n) is 6.89. The summed E-state index contributed by atoms with van der Waals surface area (Å²) in [6.45, 7) is 11.3.